The maximum Gasteiger partial charge on any atom is 0.258 e. The Labute approximate surface area is 199 Å². The van der Waals surface area contributed by atoms with E-state index in [0.717, 1.165) is 0 Å². The number of benzene rings is 1. The molecule has 2 bridgehead atoms. The number of hydrogen-bond acceptors (Lipinski definition) is 7. The highest BCUT2D eigenvalue weighted by Gasteiger charge is 2.21. The number of nitrogens with two attached hydrogens (primary N) is 1. The number of carbonyl (C=O) groups is 4. The van der Waals surface area contributed by atoms with E-state index in [1.165, 1.54) is 18.2 Å². The molecule has 4 amide bonds. The Morgan fingerprint density at radius 2 is 1.82 bits per heavy atom. The number of nitrogens with one attached hydrogen (secondary N) is 2. The molecule has 11 heteroatoms. The number of nitrogens with zero attached hydrogens (tertiary/aromatic N) is 2. The molecule has 1 aromatic rings. The second-order valence-electron chi connectivity index (χ2n) is 8.48. The van der Waals surface area contributed by atoms with Crippen LogP contribution >= 0.6 is 0 Å². The van der Waals surface area contributed by atoms with Gasteiger partial charge >= 0.3 is 0 Å². The maximum atomic E-state index is 12.6. The Morgan fingerprint density at radius 1 is 1.15 bits per heavy atom. The lowest BCUT2D eigenvalue weighted by molar-refractivity contribution is -0.135. The van der Waals surface area contributed by atoms with Gasteiger partial charge in [-0.15, -0.1) is 0 Å². The van der Waals surface area contributed by atoms with Crippen LogP contribution in [0, 0.1) is 0 Å². The van der Waals surface area contributed by atoms with E-state index in [1.807, 2.05) is 0 Å². The van der Waals surface area contributed by atoms with E-state index in [2.05, 4.69) is 10.6 Å². The van der Waals surface area contributed by atoms with Gasteiger partial charge in [-0.3, -0.25) is 19.2 Å². The molecule has 0 aromatic heterocycles. The number of fused-ring (bicyclic) bond motifs is 2. The van der Waals surface area contributed by atoms with E-state index < -0.39 is 23.9 Å². The number of amides is 4. The number of likely N-dealkylation sites (N-methyl/N-ethyl adjacent to an activating group) is 1. The molecule has 1 aromatic carbocycles. The molecular formula is C23H35N5O6. The first-order chi connectivity index (χ1) is 16.1. The first-order valence-electron chi connectivity index (χ1n) is 11.4. The number of rotatable bonds is 1. The van der Waals surface area contributed by atoms with Crippen LogP contribution in [-0.4, -0.2) is 90.5 Å². The van der Waals surface area contributed by atoms with Crippen LogP contribution < -0.4 is 21.1 Å². The number of carbonyl (C=O) groups excluding carboxylic acids is 4. The molecule has 2 atom stereocenters. The molecule has 0 radical (unpaired) electrons. The van der Waals surface area contributed by atoms with Gasteiger partial charge in [0.05, 0.1) is 6.04 Å². The molecule has 0 fully saturated rings. The summed E-state index contributed by atoms with van der Waals surface area (Å²) < 4.78 is 5.41. The third kappa shape index (κ3) is 8.22. The van der Waals surface area contributed by atoms with Crippen molar-refractivity contribution in [1.82, 2.24) is 20.4 Å². The molecule has 34 heavy (non-hydrogen) atoms. The molecule has 1 aliphatic rings. The van der Waals surface area contributed by atoms with Gasteiger partial charge in [0.1, 0.15) is 17.5 Å². The molecule has 0 unspecified atom stereocenters. The lowest BCUT2D eigenvalue weighted by Gasteiger charge is -2.26. The van der Waals surface area contributed by atoms with E-state index >= 15 is 0 Å². The zero-order valence-corrected chi connectivity index (χ0v) is 20.0. The van der Waals surface area contributed by atoms with Crippen molar-refractivity contribution in [2.45, 2.75) is 45.2 Å². The van der Waals surface area contributed by atoms with E-state index in [4.69, 9.17) is 10.5 Å². The predicted molar refractivity (Wildman–Crippen MR) is 125 cm³/mol. The summed E-state index contributed by atoms with van der Waals surface area (Å²) in [7, 11) is 1.66. The Kier molecular flexibility index (Phi) is 10.1. The van der Waals surface area contributed by atoms with E-state index in [-0.39, 0.29) is 35.5 Å². The summed E-state index contributed by atoms with van der Waals surface area (Å²) in [4.78, 5) is 53.0. The molecule has 0 saturated carbocycles. The minimum atomic E-state index is -0.756. The van der Waals surface area contributed by atoms with Crippen molar-refractivity contribution >= 4 is 23.6 Å². The molecular weight excluding hydrogens is 442 g/mol. The predicted octanol–water partition coefficient (Wildman–Crippen LogP) is -0.176. The summed E-state index contributed by atoms with van der Waals surface area (Å²) in [6.07, 6.45) is 1.86. The zero-order valence-electron chi connectivity index (χ0n) is 20.0. The molecule has 1 heterocycles. The van der Waals surface area contributed by atoms with Crippen LogP contribution in [0.2, 0.25) is 0 Å². The number of phenolic OH excluding ortho intramolecular Hbond substituents is 1. The lowest BCUT2D eigenvalue weighted by atomic mass is 10.2. The van der Waals surface area contributed by atoms with Crippen molar-refractivity contribution in [3.63, 3.8) is 0 Å². The van der Waals surface area contributed by atoms with Crippen LogP contribution in [0.15, 0.2) is 18.2 Å². The molecule has 188 valence electrons. The summed E-state index contributed by atoms with van der Waals surface area (Å²) in [6.45, 7) is 4.52. The molecule has 1 aliphatic heterocycles. The van der Waals surface area contributed by atoms with Gasteiger partial charge in [-0.2, -0.15) is 0 Å². The Hall–Kier alpha value is -3.34. The van der Waals surface area contributed by atoms with E-state index in [9.17, 15) is 24.3 Å². The van der Waals surface area contributed by atoms with Crippen LogP contribution in [0.25, 0.3) is 0 Å². The second-order valence-corrected chi connectivity index (χ2v) is 8.48. The average molecular weight is 478 g/mol. The normalized spacial score (nSPS) is 20.6. The molecule has 0 saturated heterocycles. The SMILES string of the molecule is C[C@H](N)C(=O)N1CCCCN(C)C(=O)[C@H](C)NC(=O)COc2cc(O)cc(c2)C(=O)NCCC1. The minimum absolute atomic E-state index is 0.138. The van der Waals surface area contributed by atoms with Crippen molar-refractivity contribution in [3.05, 3.63) is 23.8 Å². The fraction of sp³-hybridized carbons (Fsp3) is 0.565. The second kappa shape index (κ2) is 12.8. The summed E-state index contributed by atoms with van der Waals surface area (Å²) >= 11 is 0. The standard InChI is InChI=1S/C23H35N5O6/c1-15(24)22(32)28-9-5-4-8-27(3)23(33)16(2)26-20(30)14-34-19-12-17(11-18(29)13-19)21(31)25-7-6-10-28/h11-13,15-16,29H,4-10,14,24H2,1-3H3,(H,25,31)(H,26,30)/t15-,16-/m0/s1. The smallest absolute Gasteiger partial charge is 0.258 e. The highest BCUT2D eigenvalue weighted by atomic mass is 16.5. The van der Waals surface area contributed by atoms with Gasteiger partial charge in [-0.1, -0.05) is 0 Å². The first-order valence-corrected chi connectivity index (χ1v) is 11.4. The van der Waals surface area contributed by atoms with Crippen molar-refractivity contribution in [2.24, 2.45) is 5.73 Å². The number of hydrogen-bond donors (Lipinski definition) is 4. The third-order valence-corrected chi connectivity index (χ3v) is 5.41. The fourth-order valence-corrected chi connectivity index (χ4v) is 3.58. The van der Waals surface area contributed by atoms with Crippen molar-refractivity contribution in [3.8, 4) is 11.5 Å². The number of phenols is 1. The summed E-state index contributed by atoms with van der Waals surface area (Å²) in [6, 6.07) is 2.59. The van der Waals surface area contributed by atoms with Crippen LogP contribution in [-0.2, 0) is 14.4 Å². The molecule has 11 nitrogen and oxygen atoms in total. The van der Waals surface area contributed by atoms with Crippen molar-refractivity contribution in [2.75, 3.05) is 39.8 Å². The van der Waals surface area contributed by atoms with Crippen LogP contribution in [0.4, 0.5) is 0 Å². The fourth-order valence-electron chi connectivity index (χ4n) is 3.58. The average Bonchev–Trinajstić information content (AvgIpc) is 2.79. The van der Waals surface area contributed by atoms with Gasteiger partial charge in [-0.05, 0) is 45.2 Å². The molecule has 0 spiro atoms. The molecule has 0 aliphatic carbocycles. The van der Waals surface area contributed by atoms with Crippen LogP contribution in [0.3, 0.4) is 0 Å². The monoisotopic (exact) mass is 477 g/mol. The topological polar surface area (TPSA) is 154 Å². The largest absolute Gasteiger partial charge is 0.508 e. The summed E-state index contributed by atoms with van der Waals surface area (Å²) in [5.41, 5.74) is 5.95. The first kappa shape index (κ1) is 26.9. The number of ether oxygens (including phenoxy) is 1. The van der Waals surface area contributed by atoms with E-state index in [0.29, 0.717) is 45.4 Å². The Morgan fingerprint density at radius 3 is 2.53 bits per heavy atom. The summed E-state index contributed by atoms with van der Waals surface area (Å²) in [5, 5.41) is 15.3. The minimum Gasteiger partial charge on any atom is -0.508 e. The van der Waals surface area contributed by atoms with Gasteiger partial charge in [-0.25, -0.2) is 0 Å². The molecule has 5 N–H and O–H groups in total. The zero-order chi connectivity index (χ0) is 25.3. The van der Waals surface area contributed by atoms with Gasteiger partial charge in [0, 0.05) is 44.9 Å². The maximum absolute atomic E-state index is 12.6. The van der Waals surface area contributed by atoms with Gasteiger partial charge in [0.15, 0.2) is 6.61 Å². The Balaban J connectivity index is 2.17. The van der Waals surface area contributed by atoms with Gasteiger partial charge in [0.25, 0.3) is 11.8 Å². The van der Waals surface area contributed by atoms with Gasteiger partial charge < -0.3 is 36.0 Å². The number of aromatic hydroxyl groups is 1. The highest BCUT2D eigenvalue weighted by molar-refractivity contribution is 5.95. The quantitative estimate of drug-likeness (QED) is 0.438. The highest BCUT2D eigenvalue weighted by Crippen LogP contribution is 2.22. The third-order valence-electron chi connectivity index (χ3n) is 5.41. The lowest BCUT2D eigenvalue weighted by Crippen LogP contribution is -2.47. The molecule has 2 rings (SSSR count). The van der Waals surface area contributed by atoms with Crippen molar-refractivity contribution < 1.29 is 29.0 Å². The van der Waals surface area contributed by atoms with E-state index in [1.54, 1.807) is 30.7 Å². The Bertz CT molecular complexity index is 891. The summed E-state index contributed by atoms with van der Waals surface area (Å²) in [5.74, 6) is -1.41. The van der Waals surface area contributed by atoms with Gasteiger partial charge in [0.2, 0.25) is 11.8 Å². The van der Waals surface area contributed by atoms with Crippen LogP contribution in [0.5, 0.6) is 11.5 Å². The van der Waals surface area contributed by atoms with Crippen LogP contribution in [0.1, 0.15) is 43.5 Å². The van der Waals surface area contributed by atoms with Crippen molar-refractivity contribution in [1.29, 1.82) is 0 Å².